The van der Waals surface area contributed by atoms with E-state index in [2.05, 4.69) is 34.4 Å². The van der Waals surface area contributed by atoms with Crippen LogP contribution < -0.4 is 15.5 Å². The van der Waals surface area contributed by atoms with Crippen LogP contribution in [0, 0.1) is 17.8 Å². The van der Waals surface area contributed by atoms with Crippen LogP contribution in [0.3, 0.4) is 0 Å². The summed E-state index contributed by atoms with van der Waals surface area (Å²) >= 11 is 0. The first kappa shape index (κ1) is 18.5. The number of urea groups is 1. The van der Waals surface area contributed by atoms with Gasteiger partial charge in [0.2, 0.25) is 5.91 Å². The van der Waals surface area contributed by atoms with Gasteiger partial charge in [-0.2, -0.15) is 0 Å². The van der Waals surface area contributed by atoms with Crippen molar-refractivity contribution < 1.29 is 14.3 Å². The molecule has 0 radical (unpaired) electrons. The van der Waals surface area contributed by atoms with Crippen molar-refractivity contribution in [1.29, 1.82) is 0 Å². The number of imide groups is 1. The van der Waals surface area contributed by atoms with Crippen LogP contribution in [0.15, 0.2) is 24.5 Å². The molecule has 28 heavy (non-hydrogen) atoms. The third kappa shape index (κ3) is 3.72. The highest BCUT2D eigenvalue weighted by molar-refractivity contribution is 6.05. The first-order valence-electron chi connectivity index (χ1n) is 9.52. The number of nitrogens with zero attached hydrogens (tertiary/aromatic N) is 3. The second-order valence-corrected chi connectivity index (χ2v) is 7.11. The van der Waals surface area contributed by atoms with Crippen molar-refractivity contribution in [3.05, 3.63) is 30.1 Å². The Labute approximate surface area is 163 Å². The molecule has 2 N–H and O–H groups in total. The Kier molecular flexibility index (Phi) is 5.28. The highest BCUT2D eigenvalue weighted by Gasteiger charge is 2.26. The van der Waals surface area contributed by atoms with E-state index in [0.717, 1.165) is 25.1 Å². The number of carbonyl (C=O) groups is 2. The molecular formula is C20H23N5O3. The van der Waals surface area contributed by atoms with E-state index in [1.165, 1.54) is 4.90 Å². The number of hydrogen-bond acceptors (Lipinski definition) is 5. The number of aromatic nitrogens is 2. The van der Waals surface area contributed by atoms with Crippen LogP contribution in [0.4, 0.5) is 10.6 Å². The maximum atomic E-state index is 12.1. The summed E-state index contributed by atoms with van der Waals surface area (Å²) in [5.74, 6) is 7.05. The van der Waals surface area contributed by atoms with Gasteiger partial charge in [-0.1, -0.05) is 18.8 Å². The Balaban J connectivity index is 1.49. The van der Waals surface area contributed by atoms with Crippen LogP contribution in [0.25, 0.3) is 5.65 Å². The van der Waals surface area contributed by atoms with Gasteiger partial charge in [0.15, 0.2) is 5.65 Å². The van der Waals surface area contributed by atoms with Crippen LogP contribution in [-0.2, 0) is 9.53 Å². The average Bonchev–Trinajstić information content (AvgIpc) is 3.11. The smallest absolute Gasteiger partial charge is 0.329 e. The zero-order valence-corrected chi connectivity index (χ0v) is 15.8. The summed E-state index contributed by atoms with van der Waals surface area (Å²) in [7, 11) is 0. The lowest BCUT2D eigenvalue weighted by atomic mass is 9.98. The third-order valence-corrected chi connectivity index (χ3v) is 5.15. The van der Waals surface area contributed by atoms with Crippen molar-refractivity contribution in [1.82, 2.24) is 20.0 Å². The molecule has 2 aromatic heterocycles. The van der Waals surface area contributed by atoms with E-state index in [1.54, 1.807) is 6.20 Å². The Morgan fingerprint density at radius 1 is 1.39 bits per heavy atom. The van der Waals surface area contributed by atoms with Crippen LogP contribution in [0.5, 0.6) is 0 Å². The average molecular weight is 381 g/mol. The fourth-order valence-electron chi connectivity index (χ4n) is 3.60. The molecule has 0 unspecified atom stereocenters. The Morgan fingerprint density at radius 3 is 3.11 bits per heavy atom. The van der Waals surface area contributed by atoms with E-state index in [-0.39, 0.29) is 18.4 Å². The van der Waals surface area contributed by atoms with Gasteiger partial charge in [-0.05, 0) is 31.0 Å². The number of rotatable bonds is 3. The fraction of sp³-hybridized carbons (Fsp3) is 0.450. The molecule has 8 nitrogen and oxygen atoms in total. The van der Waals surface area contributed by atoms with Gasteiger partial charge in [0.05, 0.1) is 17.9 Å². The number of amides is 3. The summed E-state index contributed by atoms with van der Waals surface area (Å²) in [6.45, 7) is 4.84. The van der Waals surface area contributed by atoms with Crippen LogP contribution in [0.1, 0.15) is 25.3 Å². The first-order chi connectivity index (χ1) is 13.6. The van der Waals surface area contributed by atoms with Crippen LogP contribution in [0.2, 0.25) is 0 Å². The van der Waals surface area contributed by atoms with Gasteiger partial charge in [-0.25, -0.2) is 9.78 Å². The summed E-state index contributed by atoms with van der Waals surface area (Å²) in [5.41, 5.74) is 1.44. The largest absolute Gasteiger partial charge is 0.365 e. The summed E-state index contributed by atoms with van der Waals surface area (Å²) < 4.78 is 7.73. The SMILES string of the molecule is C[C@@H]1CNCC[C@H]1OCC#Cc1cccn2c(N3CCC(=O)NC3=O)cnc12. The Hall–Kier alpha value is -2.89. The lowest BCUT2D eigenvalue weighted by Crippen LogP contribution is -2.50. The highest BCUT2D eigenvalue weighted by Crippen LogP contribution is 2.21. The molecule has 4 rings (SSSR count). The van der Waals surface area contributed by atoms with Gasteiger partial charge >= 0.3 is 6.03 Å². The molecule has 0 saturated carbocycles. The second kappa shape index (κ2) is 8.00. The van der Waals surface area contributed by atoms with Gasteiger partial charge in [-0.15, -0.1) is 0 Å². The van der Waals surface area contributed by atoms with Gasteiger partial charge in [0.25, 0.3) is 0 Å². The monoisotopic (exact) mass is 381 g/mol. The number of carbonyl (C=O) groups excluding carboxylic acids is 2. The van der Waals surface area contributed by atoms with Crippen molar-refractivity contribution in [2.75, 3.05) is 31.1 Å². The zero-order valence-electron chi connectivity index (χ0n) is 15.8. The van der Waals surface area contributed by atoms with Crippen molar-refractivity contribution in [3.63, 3.8) is 0 Å². The normalized spacial score (nSPS) is 22.7. The van der Waals surface area contributed by atoms with E-state index in [9.17, 15) is 9.59 Å². The first-order valence-corrected chi connectivity index (χ1v) is 9.52. The third-order valence-electron chi connectivity index (χ3n) is 5.15. The molecule has 3 amide bonds. The summed E-state index contributed by atoms with van der Waals surface area (Å²) in [6.07, 6.45) is 4.97. The van der Waals surface area contributed by atoms with E-state index in [1.807, 2.05) is 22.7 Å². The summed E-state index contributed by atoms with van der Waals surface area (Å²) in [6, 6.07) is 3.33. The molecule has 2 saturated heterocycles. The molecule has 2 aromatic rings. The maximum Gasteiger partial charge on any atom is 0.329 e. The Morgan fingerprint density at radius 2 is 2.29 bits per heavy atom. The van der Waals surface area contributed by atoms with E-state index >= 15 is 0 Å². The predicted molar refractivity (Wildman–Crippen MR) is 104 cm³/mol. The van der Waals surface area contributed by atoms with Crippen LogP contribution >= 0.6 is 0 Å². The number of anilines is 1. The molecular weight excluding hydrogens is 358 g/mol. The van der Waals surface area contributed by atoms with Crippen LogP contribution in [-0.4, -0.2) is 53.7 Å². The molecule has 2 fully saturated rings. The number of pyridine rings is 1. The summed E-state index contributed by atoms with van der Waals surface area (Å²) in [5, 5.41) is 5.69. The van der Waals surface area contributed by atoms with Gasteiger partial charge in [-0.3, -0.25) is 19.4 Å². The van der Waals surface area contributed by atoms with E-state index in [0.29, 0.717) is 30.5 Å². The molecule has 0 aliphatic carbocycles. The number of ether oxygens (including phenoxy) is 1. The standard InChI is InChI=1S/C20H23N5O3/c1-14-12-21-8-6-16(14)28-11-3-5-15-4-2-9-24-18(13-22-19(15)24)25-10-7-17(26)23-20(25)27/h2,4,9,13-14,16,21H,6-8,10-12H2,1H3,(H,23,26,27)/t14-,16-/m1/s1. The predicted octanol–water partition coefficient (Wildman–Crippen LogP) is 1.15. The van der Waals surface area contributed by atoms with E-state index in [4.69, 9.17) is 4.74 Å². The quantitative estimate of drug-likeness (QED) is 0.779. The van der Waals surface area contributed by atoms with Crippen molar-refractivity contribution in [2.24, 2.45) is 5.92 Å². The minimum atomic E-state index is -0.431. The zero-order chi connectivity index (χ0) is 19.5. The van der Waals surface area contributed by atoms with Crippen molar-refractivity contribution in [2.45, 2.75) is 25.9 Å². The molecule has 0 aromatic carbocycles. The van der Waals surface area contributed by atoms with Gasteiger partial charge < -0.3 is 10.1 Å². The number of fused-ring (bicyclic) bond motifs is 1. The number of piperidine rings is 1. The molecule has 2 aliphatic rings. The molecule has 146 valence electrons. The summed E-state index contributed by atoms with van der Waals surface area (Å²) in [4.78, 5) is 29.4. The molecule has 0 bridgehead atoms. The number of imidazole rings is 1. The highest BCUT2D eigenvalue weighted by atomic mass is 16.5. The lowest BCUT2D eigenvalue weighted by Gasteiger charge is -2.28. The maximum absolute atomic E-state index is 12.1. The minimum Gasteiger partial charge on any atom is -0.365 e. The van der Waals surface area contributed by atoms with Gasteiger partial charge in [0, 0.05) is 25.7 Å². The number of nitrogens with one attached hydrogen (secondary N) is 2. The number of hydrogen-bond donors (Lipinski definition) is 2. The molecule has 2 atom stereocenters. The topological polar surface area (TPSA) is 88.0 Å². The molecule has 0 spiro atoms. The van der Waals surface area contributed by atoms with Crippen molar-refractivity contribution >= 4 is 23.4 Å². The second-order valence-electron chi connectivity index (χ2n) is 7.11. The van der Waals surface area contributed by atoms with Gasteiger partial charge in [0.1, 0.15) is 12.4 Å². The lowest BCUT2D eigenvalue weighted by molar-refractivity contribution is -0.120. The van der Waals surface area contributed by atoms with E-state index < -0.39 is 6.03 Å². The minimum absolute atomic E-state index is 0.240. The fourth-order valence-corrected chi connectivity index (χ4v) is 3.60. The molecule has 2 aliphatic heterocycles. The van der Waals surface area contributed by atoms with Crippen molar-refractivity contribution in [3.8, 4) is 11.8 Å². The molecule has 8 heteroatoms. The molecule has 4 heterocycles. The Bertz CT molecular complexity index is 958.